The van der Waals surface area contributed by atoms with E-state index >= 15 is 0 Å². The zero-order chi connectivity index (χ0) is 15.5. The minimum atomic E-state index is -4.37. The van der Waals surface area contributed by atoms with E-state index in [2.05, 4.69) is 10.3 Å². The Morgan fingerprint density at radius 1 is 1.24 bits per heavy atom. The molecule has 0 aliphatic rings. The van der Waals surface area contributed by atoms with Gasteiger partial charge in [-0.05, 0) is 25.5 Å². The highest BCUT2D eigenvalue weighted by Crippen LogP contribution is 2.31. The number of nitrogens with zero attached hydrogens (tertiary/aromatic N) is 1. The summed E-state index contributed by atoms with van der Waals surface area (Å²) >= 11 is 0. The SMILES string of the molecule is CCNc1cc(CC)nc2c(OCC(F)(F)F)cccc12. The zero-order valence-electron chi connectivity index (χ0n) is 11.9. The summed E-state index contributed by atoms with van der Waals surface area (Å²) in [6, 6.07) is 6.91. The molecular weight excluding hydrogens is 281 g/mol. The largest absolute Gasteiger partial charge is 0.482 e. The van der Waals surface area contributed by atoms with Crippen molar-refractivity contribution in [1.82, 2.24) is 4.98 Å². The van der Waals surface area contributed by atoms with Gasteiger partial charge in [0.05, 0.1) is 0 Å². The number of hydrogen-bond donors (Lipinski definition) is 1. The van der Waals surface area contributed by atoms with Gasteiger partial charge in [-0.1, -0.05) is 19.1 Å². The fraction of sp³-hybridized carbons (Fsp3) is 0.400. The zero-order valence-corrected chi connectivity index (χ0v) is 11.9. The van der Waals surface area contributed by atoms with Gasteiger partial charge in [0.1, 0.15) is 11.3 Å². The Balaban J connectivity index is 2.49. The van der Waals surface area contributed by atoms with E-state index in [1.807, 2.05) is 26.0 Å². The first-order valence-corrected chi connectivity index (χ1v) is 6.80. The van der Waals surface area contributed by atoms with Crippen molar-refractivity contribution in [2.24, 2.45) is 0 Å². The molecule has 21 heavy (non-hydrogen) atoms. The van der Waals surface area contributed by atoms with Crippen LogP contribution >= 0.6 is 0 Å². The number of aromatic nitrogens is 1. The third kappa shape index (κ3) is 3.77. The molecule has 2 aromatic rings. The van der Waals surface area contributed by atoms with Crippen LogP contribution in [0.1, 0.15) is 19.5 Å². The van der Waals surface area contributed by atoms with E-state index in [-0.39, 0.29) is 5.75 Å². The van der Waals surface area contributed by atoms with Crippen molar-refractivity contribution in [2.45, 2.75) is 26.4 Å². The number of rotatable bonds is 5. The van der Waals surface area contributed by atoms with Gasteiger partial charge in [-0.25, -0.2) is 4.98 Å². The Hall–Kier alpha value is -1.98. The molecule has 3 nitrogen and oxygen atoms in total. The number of fused-ring (bicyclic) bond motifs is 1. The summed E-state index contributed by atoms with van der Waals surface area (Å²) in [5.74, 6) is 0.152. The summed E-state index contributed by atoms with van der Waals surface area (Å²) in [5.41, 5.74) is 2.12. The molecule has 0 spiro atoms. The second-order valence-corrected chi connectivity index (χ2v) is 4.60. The van der Waals surface area contributed by atoms with Crippen molar-refractivity contribution in [3.8, 4) is 5.75 Å². The maximum absolute atomic E-state index is 12.3. The molecule has 0 radical (unpaired) electrons. The first kappa shape index (κ1) is 15.4. The maximum Gasteiger partial charge on any atom is 0.422 e. The summed E-state index contributed by atoms with van der Waals surface area (Å²) < 4.78 is 41.9. The number of nitrogens with one attached hydrogen (secondary N) is 1. The first-order chi connectivity index (χ1) is 9.94. The number of halogens is 3. The van der Waals surface area contributed by atoms with Crippen LogP contribution < -0.4 is 10.1 Å². The van der Waals surface area contributed by atoms with Crippen molar-refractivity contribution in [3.05, 3.63) is 30.0 Å². The fourth-order valence-electron chi connectivity index (χ4n) is 2.07. The number of para-hydroxylation sites is 1. The van der Waals surface area contributed by atoms with Crippen LogP contribution in [0.25, 0.3) is 10.9 Å². The van der Waals surface area contributed by atoms with Gasteiger partial charge in [0, 0.05) is 23.3 Å². The first-order valence-electron chi connectivity index (χ1n) is 6.80. The van der Waals surface area contributed by atoms with Crippen LogP contribution in [0.15, 0.2) is 24.3 Å². The molecular formula is C15H17F3N2O. The summed E-state index contributed by atoms with van der Waals surface area (Å²) in [6.45, 7) is 3.31. The van der Waals surface area contributed by atoms with Gasteiger partial charge in [-0.3, -0.25) is 0 Å². The summed E-state index contributed by atoms with van der Waals surface area (Å²) in [7, 11) is 0. The minimum Gasteiger partial charge on any atom is -0.482 e. The number of pyridine rings is 1. The lowest BCUT2D eigenvalue weighted by Gasteiger charge is -2.14. The molecule has 1 N–H and O–H groups in total. The molecule has 1 heterocycles. The number of hydrogen-bond acceptors (Lipinski definition) is 3. The average molecular weight is 298 g/mol. The number of anilines is 1. The molecule has 0 unspecified atom stereocenters. The molecule has 0 saturated carbocycles. The lowest BCUT2D eigenvalue weighted by Crippen LogP contribution is -2.19. The molecule has 6 heteroatoms. The minimum absolute atomic E-state index is 0.152. The fourth-order valence-corrected chi connectivity index (χ4v) is 2.07. The maximum atomic E-state index is 12.3. The second-order valence-electron chi connectivity index (χ2n) is 4.60. The monoisotopic (exact) mass is 298 g/mol. The van der Waals surface area contributed by atoms with Crippen molar-refractivity contribution >= 4 is 16.6 Å². The van der Waals surface area contributed by atoms with E-state index in [1.54, 1.807) is 6.07 Å². The highest BCUT2D eigenvalue weighted by molar-refractivity contribution is 5.95. The molecule has 0 fully saturated rings. The quantitative estimate of drug-likeness (QED) is 0.899. The van der Waals surface area contributed by atoms with Gasteiger partial charge >= 0.3 is 6.18 Å². The number of aryl methyl sites for hydroxylation is 1. The van der Waals surface area contributed by atoms with E-state index in [9.17, 15) is 13.2 Å². The Labute approximate surface area is 121 Å². The van der Waals surface area contributed by atoms with Crippen molar-refractivity contribution in [3.63, 3.8) is 0 Å². The Morgan fingerprint density at radius 2 is 2.00 bits per heavy atom. The van der Waals surface area contributed by atoms with Gasteiger partial charge in [0.15, 0.2) is 6.61 Å². The molecule has 0 atom stereocenters. The van der Waals surface area contributed by atoms with E-state index in [1.165, 1.54) is 6.07 Å². The van der Waals surface area contributed by atoms with Crippen LogP contribution in [0.3, 0.4) is 0 Å². The van der Waals surface area contributed by atoms with Gasteiger partial charge in [-0.2, -0.15) is 13.2 Å². The van der Waals surface area contributed by atoms with Gasteiger partial charge < -0.3 is 10.1 Å². The van der Waals surface area contributed by atoms with Crippen LogP contribution in [0.5, 0.6) is 5.75 Å². The van der Waals surface area contributed by atoms with E-state index in [4.69, 9.17) is 4.74 Å². The Bertz CT molecular complexity index is 626. The van der Waals surface area contributed by atoms with Crippen molar-refractivity contribution in [1.29, 1.82) is 0 Å². The third-order valence-electron chi connectivity index (χ3n) is 2.98. The molecule has 0 aliphatic heterocycles. The summed E-state index contributed by atoms with van der Waals surface area (Å²) in [5, 5.41) is 3.97. The van der Waals surface area contributed by atoms with Gasteiger partial charge in [0.25, 0.3) is 0 Å². The summed E-state index contributed by atoms with van der Waals surface area (Å²) in [4.78, 5) is 4.40. The van der Waals surface area contributed by atoms with E-state index in [0.29, 0.717) is 11.9 Å². The van der Waals surface area contributed by atoms with Crippen LogP contribution in [0, 0.1) is 0 Å². The molecule has 1 aromatic carbocycles. The smallest absolute Gasteiger partial charge is 0.422 e. The van der Waals surface area contributed by atoms with Crippen LogP contribution in [-0.4, -0.2) is 24.3 Å². The molecule has 0 aliphatic carbocycles. The highest BCUT2D eigenvalue weighted by Gasteiger charge is 2.28. The molecule has 0 saturated heterocycles. The van der Waals surface area contributed by atoms with Crippen LogP contribution in [0.4, 0.5) is 18.9 Å². The van der Waals surface area contributed by atoms with Crippen LogP contribution in [-0.2, 0) is 6.42 Å². The number of alkyl halides is 3. The second kappa shape index (κ2) is 6.20. The molecule has 2 rings (SSSR count). The van der Waals surface area contributed by atoms with Gasteiger partial charge in [0.2, 0.25) is 0 Å². The molecule has 1 aromatic heterocycles. The van der Waals surface area contributed by atoms with Crippen LogP contribution in [0.2, 0.25) is 0 Å². The number of ether oxygens (including phenoxy) is 1. The molecule has 0 bridgehead atoms. The normalized spacial score (nSPS) is 11.7. The highest BCUT2D eigenvalue weighted by atomic mass is 19.4. The number of benzene rings is 1. The van der Waals surface area contributed by atoms with E-state index in [0.717, 1.165) is 23.3 Å². The lowest BCUT2D eigenvalue weighted by atomic mass is 10.1. The Morgan fingerprint density at radius 3 is 2.62 bits per heavy atom. The topological polar surface area (TPSA) is 34.2 Å². The summed E-state index contributed by atoms with van der Waals surface area (Å²) in [6.07, 6.45) is -3.67. The van der Waals surface area contributed by atoms with E-state index < -0.39 is 12.8 Å². The van der Waals surface area contributed by atoms with Gasteiger partial charge in [-0.15, -0.1) is 0 Å². The molecule has 114 valence electrons. The standard InChI is InChI=1S/C15H17F3N2O/c1-3-10-8-12(19-4-2)11-6-5-7-13(14(11)20-10)21-9-15(16,17)18/h5-8H,3-4,9H2,1-2H3,(H,19,20). The van der Waals surface area contributed by atoms with Crippen molar-refractivity contribution < 1.29 is 17.9 Å². The predicted octanol–water partition coefficient (Wildman–Crippen LogP) is 4.17. The third-order valence-corrected chi connectivity index (χ3v) is 2.98. The Kier molecular flexibility index (Phi) is 4.55. The predicted molar refractivity (Wildman–Crippen MR) is 76.8 cm³/mol. The average Bonchev–Trinajstić information content (AvgIpc) is 2.44. The molecule has 0 amide bonds. The van der Waals surface area contributed by atoms with Crippen molar-refractivity contribution in [2.75, 3.05) is 18.5 Å². The lowest BCUT2D eigenvalue weighted by molar-refractivity contribution is -0.153.